The third kappa shape index (κ3) is 3.17. The molecule has 1 amide bonds. The second-order valence-electron chi connectivity index (χ2n) is 3.83. The van der Waals surface area contributed by atoms with E-state index in [0.29, 0.717) is 5.56 Å². The van der Waals surface area contributed by atoms with E-state index in [0.717, 1.165) is 20.2 Å². The number of hydrogen-bond donors (Lipinski definition) is 1. The minimum Gasteiger partial charge on any atom is -0.321 e. The van der Waals surface area contributed by atoms with Crippen LogP contribution in [0.2, 0.25) is 0 Å². The van der Waals surface area contributed by atoms with Crippen LogP contribution in [0.1, 0.15) is 15.9 Å². The number of carbonyl (C=O) groups excluding carboxylic acids is 1. The van der Waals surface area contributed by atoms with Gasteiger partial charge in [0.25, 0.3) is 5.91 Å². The van der Waals surface area contributed by atoms with Crippen LogP contribution in [0.4, 0.5) is 5.69 Å². The molecule has 0 aliphatic heterocycles. The van der Waals surface area contributed by atoms with Crippen LogP contribution in [0.25, 0.3) is 0 Å². The first-order chi connectivity index (χ1) is 8.56. The van der Waals surface area contributed by atoms with E-state index in [1.807, 2.05) is 25.1 Å². The average Bonchev–Trinajstić information content (AvgIpc) is 2.32. The molecule has 0 aliphatic carbocycles. The maximum atomic E-state index is 12.0. The lowest BCUT2D eigenvalue weighted by molar-refractivity contribution is 0.102. The van der Waals surface area contributed by atoms with Crippen molar-refractivity contribution in [1.29, 1.82) is 0 Å². The Hall–Kier alpha value is -1.20. The summed E-state index contributed by atoms with van der Waals surface area (Å²) < 4.78 is 1.64. The van der Waals surface area contributed by atoms with E-state index in [2.05, 4.69) is 42.2 Å². The maximum Gasteiger partial charge on any atom is 0.257 e. The first-order valence-electron chi connectivity index (χ1n) is 5.24. The number of aryl methyl sites for hydroxylation is 1. The van der Waals surface area contributed by atoms with E-state index >= 15 is 0 Å². The fourth-order valence-corrected chi connectivity index (χ4v) is 2.41. The summed E-state index contributed by atoms with van der Waals surface area (Å²) in [4.78, 5) is 16.0. The van der Waals surface area contributed by atoms with Crippen LogP contribution in [0.5, 0.6) is 0 Å². The van der Waals surface area contributed by atoms with Crippen LogP contribution in [0.3, 0.4) is 0 Å². The lowest BCUT2D eigenvalue weighted by Gasteiger charge is -2.08. The number of halogens is 2. The van der Waals surface area contributed by atoms with E-state index in [1.54, 1.807) is 12.3 Å². The van der Waals surface area contributed by atoms with Crippen molar-refractivity contribution in [3.63, 3.8) is 0 Å². The Morgan fingerprint density at radius 1 is 1.22 bits per heavy atom. The minimum absolute atomic E-state index is 0.187. The number of aromatic nitrogens is 1. The number of nitrogens with zero attached hydrogens (tertiary/aromatic N) is 1. The lowest BCUT2D eigenvalue weighted by Crippen LogP contribution is -2.12. The molecule has 3 nitrogen and oxygen atoms in total. The van der Waals surface area contributed by atoms with Crippen molar-refractivity contribution in [2.75, 3.05) is 5.32 Å². The first-order valence-corrected chi connectivity index (χ1v) is 6.83. The number of benzene rings is 1. The van der Waals surface area contributed by atoms with Crippen molar-refractivity contribution in [2.24, 2.45) is 0 Å². The zero-order valence-electron chi connectivity index (χ0n) is 9.58. The number of carbonyl (C=O) groups is 1. The van der Waals surface area contributed by atoms with Crippen molar-refractivity contribution in [2.45, 2.75) is 6.92 Å². The molecule has 1 aromatic heterocycles. The molecule has 0 saturated carbocycles. The van der Waals surface area contributed by atoms with Gasteiger partial charge in [0.15, 0.2) is 0 Å². The molecule has 92 valence electrons. The molecule has 0 radical (unpaired) electrons. The lowest BCUT2D eigenvalue weighted by atomic mass is 10.2. The quantitative estimate of drug-likeness (QED) is 0.863. The summed E-state index contributed by atoms with van der Waals surface area (Å²) in [6, 6.07) is 7.49. The standard InChI is InChI=1S/C13H10Br2N2O/c1-8-2-3-12(11(15)4-8)17-13(18)9-5-10(14)7-16-6-9/h2-7H,1H3,(H,17,18). The van der Waals surface area contributed by atoms with Crippen molar-refractivity contribution < 1.29 is 4.79 Å². The number of hydrogen-bond acceptors (Lipinski definition) is 2. The molecule has 18 heavy (non-hydrogen) atoms. The molecule has 2 aromatic rings. The van der Waals surface area contributed by atoms with Crippen LogP contribution in [0, 0.1) is 6.92 Å². The molecule has 2 rings (SSSR count). The molecule has 0 atom stereocenters. The Morgan fingerprint density at radius 2 is 2.00 bits per heavy atom. The smallest absolute Gasteiger partial charge is 0.257 e. The molecule has 1 N–H and O–H groups in total. The van der Waals surface area contributed by atoms with Crippen LogP contribution in [0.15, 0.2) is 45.6 Å². The third-order valence-electron chi connectivity index (χ3n) is 2.34. The number of rotatable bonds is 2. The SMILES string of the molecule is Cc1ccc(NC(=O)c2cncc(Br)c2)c(Br)c1. The van der Waals surface area contributed by atoms with Gasteiger partial charge in [-0.2, -0.15) is 0 Å². The highest BCUT2D eigenvalue weighted by Gasteiger charge is 2.09. The summed E-state index contributed by atoms with van der Waals surface area (Å²) in [5.74, 6) is -0.187. The minimum atomic E-state index is -0.187. The maximum absolute atomic E-state index is 12.0. The van der Waals surface area contributed by atoms with E-state index in [9.17, 15) is 4.79 Å². The fraction of sp³-hybridized carbons (Fsp3) is 0.0769. The molecule has 0 unspecified atom stereocenters. The Morgan fingerprint density at radius 3 is 2.67 bits per heavy atom. The summed E-state index contributed by atoms with van der Waals surface area (Å²) in [7, 11) is 0. The van der Waals surface area contributed by atoms with Gasteiger partial charge in [0.1, 0.15) is 0 Å². The van der Waals surface area contributed by atoms with E-state index < -0.39 is 0 Å². The van der Waals surface area contributed by atoms with Gasteiger partial charge in [0.2, 0.25) is 0 Å². The van der Waals surface area contributed by atoms with E-state index in [1.165, 1.54) is 6.20 Å². The van der Waals surface area contributed by atoms with Gasteiger partial charge in [-0.25, -0.2) is 0 Å². The molecule has 0 bridgehead atoms. The predicted octanol–water partition coefficient (Wildman–Crippen LogP) is 4.17. The van der Waals surface area contributed by atoms with E-state index in [-0.39, 0.29) is 5.91 Å². The van der Waals surface area contributed by atoms with E-state index in [4.69, 9.17) is 0 Å². The first kappa shape index (κ1) is 13.2. The summed E-state index contributed by atoms with van der Waals surface area (Å²) in [6.45, 7) is 1.99. The Kier molecular flexibility index (Phi) is 4.14. The summed E-state index contributed by atoms with van der Waals surface area (Å²) in [5, 5.41) is 2.83. The molecule has 0 aliphatic rings. The van der Waals surface area contributed by atoms with Gasteiger partial charge in [0, 0.05) is 21.3 Å². The summed E-state index contributed by atoms with van der Waals surface area (Å²) in [5.41, 5.74) is 2.38. The highest BCUT2D eigenvalue weighted by atomic mass is 79.9. The van der Waals surface area contributed by atoms with Crippen molar-refractivity contribution in [1.82, 2.24) is 4.98 Å². The zero-order valence-corrected chi connectivity index (χ0v) is 12.7. The van der Waals surface area contributed by atoms with Crippen LogP contribution >= 0.6 is 31.9 Å². The molecular weight excluding hydrogens is 360 g/mol. The Labute approximate surface area is 122 Å². The van der Waals surface area contributed by atoms with Gasteiger partial charge in [-0.1, -0.05) is 6.07 Å². The van der Waals surface area contributed by atoms with Crippen LogP contribution in [-0.2, 0) is 0 Å². The zero-order chi connectivity index (χ0) is 13.1. The molecule has 1 aromatic carbocycles. The van der Waals surface area contributed by atoms with Gasteiger partial charge >= 0.3 is 0 Å². The molecule has 0 fully saturated rings. The van der Waals surface area contributed by atoms with Gasteiger partial charge in [-0.05, 0) is 62.5 Å². The van der Waals surface area contributed by atoms with Crippen LogP contribution < -0.4 is 5.32 Å². The fourth-order valence-electron chi connectivity index (χ4n) is 1.45. The summed E-state index contributed by atoms with van der Waals surface area (Å²) in [6.07, 6.45) is 3.17. The predicted molar refractivity (Wildman–Crippen MR) is 78.8 cm³/mol. The number of nitrogens with one attached hydrogen (secondary N) is 1. The Bertz CT molecular complexity index is 599. The topological polar surface area (TPSA) is 42.0 Å². The van der Waals surface area contributed by atoms with Gasteiger partial charge < -0.3 is 5.32 Å². The monoisotopic (exact) mass is 368 g/mol. The average molecular weight is 370 g/mol. The number of anilines is 1. The second kappa shape index (κ2) is 5.63. The molecular formula is C13H10Br2N2O. The highest BCUT2D eigenvalue weighted by molar-refractivity contribution is 9.10. The molecule has 1 heterocycles. The van der Waals surface area contributed by atoms with Crippen molar-refractivity contribution >= 4 is 43.5 Å². The van der Waals surface area contributed by atoms with Gasteiger partial charge in [-0.15, -0.1) is 0 Å². The van der Waals surface area contributed by atoms with Crippen molar-refractivity contribution in [3.05, 3.63) is 56.7 Å². The van der Waals surface area contributed by atoms with Crippen LogP contribution in [-0.4, -0.2) is 10.9 Å². The number of pyridine rings is 1. The molecule has 0 saturated heterocycles. The normalized spacial score (nSPS) is 10.2. The second-order valence-corrected chi connectivity index (χ2v) is 5.60. The largest absolute Gasteiger partial charge is 0.321 e. The highest BCUT2D eigenvalue weighted by Crippen LogP contribution is 2.24. The van der Waals surface area contributed by atoms with Gasteiger partial charge in [0.05, 0.1) is 11.3 Å². The third-order valence-corrected chi connectivity index (χ3v) is 3.43. The molecule has 5 heteroatoms. The Balaban J connectivity index is 2.21. The number of amides is 1. The van der Waals surface area contributed by atoms with Gasteiger partial charge in [-0.3, -0.25) is 9.78 Å². The summed E-state index contributed by atoms with van der Waals surface area (Å²) >= 11 is 6.71. The van der Waals surface area contributed by atoms with Crippen molar-refractivity contribution in [3.8, 4) is 0 Å². The molecule has 0 spiro atoms.